The van der Waals surface area contributed by atoms with Gasteiger partial charge in [0.2, 0.25) is 5.91 Å². The van der Waals surface area contributed by atoms with Crippen molar-refractivity contribution < 1.29 is 13.2 Å². The summed E-state index contributed by atoms with van der Waals surface area (Å²) in [6.07, 6.45) is 5.32. The lowest BCUT2D eigenvalue weighted by Gasteiger charge is -2.11. The van der Waals surface area contributed by atoms with Gasteiger partial charge in [-0.25, -0.2) is 8.42 Å². The van der Waals surface area contributed by atoms with E-state index >= 15 is 0 Å². The Bertz CT molecular complexity index is 794. The highest BCUT2D eigenvalue weighted by Gasteiger charge is 2.30. The molecule has 0 spiro atoms. The number of unbranched alkanes of at least 4 members (excludes halogenated alkanes) is 2. The maximum Gasteiger partial charge on any atom is 0.263 e. The van der Waals surface area contributed by atoms with Gasteiger partial charge in [0, 0.05) is 31.1 Å². The molecule has 0 saturated heterocycles. The Morgan fingerprint density at radius 1 is 1.26 bits per heavy atom. The summed E-state index contributed by atoms with van der Waals surface area (Å²) in [4.78, 5) is 16.4. The third-order valence-corrected chi connectivity index (χ3v) is 6.15. The number of sulfonamides is 1. The van der Waals surface area contributed by atoms with E-state index in [1.165, 1.54) is 12.8 Å². The lowest BCUT2D eigenvalue weighted by Crippen LogP contribution is -2.38. The number of hydrogen-bond donors (Lipinski definition) is 3. The molecule has 0 bridgehead atoms. The number of amides is 1. The lowest BCUT2D eigenvalue weighted by molar-refractivity contribution is -0.121. The number of benzene rings is 1. The number of fused-ring (bicyclic) bond motifs is 1. The number of rotatable bonds is 9. The molecule has 1 saturated carbocycles. The first-order valence-corrected chi connectivity index (χ1v) is 10.6. The Morgan fingerprint density at radius 3 is 2.74 bits per heavy atom. The molecule has 7 nitrogen and oxygen atoms in total. The van der Waals surface area contributed by atoms with Gasteiger partial charge in [-0.3, -0.25) is 14.5 Å². The number of amidine groups is 1. The summed E-state index contributed by atoms with van der Waals surface area (Å²) in [6, 6.07) is 6.91. The van der Waals surface area contributed by atoms with Gasteiger partial charge in [0.05, 0.1) is 4.90 Å². The summed E-state index contributed by atoms with van der Waals surface area (Å²) >= 11 is 0. The predicted molar refractivity (Wildman–Crippen MR) is 108 cm³/mol. The van der Waals surface area contributed by atoms with E-state index < -0.39 is 10.0 Å². The van der Waals surface area contributed by atoms with Crippen LogP contribution >= 0.6 is 12.4 Å². The summed E-state index contributed by atoms with van der Waals surface area (Å²) in [5, 5.41) is 2.89. The van der Waals surface area contributed by atoms with Crippen molar-refractivity contribution in [3.05, 3.63) is 29.8 Å². The quantitative estimate of drug-likeness (QED) is 0.532. The fourth-order valence-corrected chi connectivity index (χ4v) is 4.28. The van der Waals surface area contributed by atoms with Crippen LogP contribution in [0.4, 0.5) is 0 Å². The summed E-state index contributed by atoms with van der Waals surface area (Å²) in [7, 11) is -3.47. The molecule has 1 unspecified atom stereocenters. The van der Waals surface area contributed by atoms with Gasteiger partial charge in [-0.2, -0.15) is 0 Å². The average Bonchev–Trinajstić information content (AvgIpc) is 3.43. The van der Waals surface area contributed by atoms with Crippen LogP contribution in [0.5, 0.6) is 0 Å². The van der Waals surface area contributed by atoms with Gasteiger partial charge in [-0.15, -0.1) is 12.4 Å². The fourth-order valence-electron chi connectivity index (χ4n) is 3.03. The molecule has 150 valence electrons. The van der Waals surface area contributed by atoms with Gasteiger partial charge in [0.15, 0.2) is 0 Å². The Hall–Kier alpha value is -1.64. The van der Waals surface area contributed by atoms with Crippen LogP contribution < -0.4 is 15.8 Å². The molecule has 1 atom stereocenters. The lowest BCUT2D eigenvalue weighted by atomic mass is 10.1. The molecular formula is C18H27ClN4O3S. The molecule has 3 rings (SSSR count). The minimum absolute atomic E-state index is 0. The van der Waals surface area contributed by atoms with Crippen LogP contribution in [0.15, 0.2) is 34.2 Å². The van der Waals surface area contributed by atoms with Gasteiger partial charge in [0.25, 0.3) is 10.0 Å². The van der Waals surface area contributed by atoms with Crippen LogP contribution in [0.3, 0.4) is 0 Å². The number of aliphatic imine (C=N–C) groups is 1. The molecule has 27 heavy (non-hydrogen) atoms. The second kappa shape index (κ2) is 9.52. The first kappa shape index (κ1) is 21.7. The molecule has 4 N–H and O–H groups in total. The minimum atomic E-state index is -3.47. The number of nitrogens with one attached hydrogen (secondary N) is 2. The van der Waals surface area contributed by atoms with Crippen molar-refractivity contribution in [1.29, 1.82) is 0 Å². The maximum absolute atomic E-state index is 12.0. The topological polar surface area (TPSA) is 114 Å². The van der Waals surface area contributed by atoms with Crippen molar-refractivity contribution in [2.75, 3.05) is 13.1 Å². The van der Waals surface area contributed by atoms with Crippen molar-refractivity contribution in [2.45, 2.75) is 49.5 Å². The first-order chi connectivity index (χ1) is 12.5. The third-order valence-electron chi connectivity index (χ3n) is 4.76. The standard InChI is InChI=1S/C18H26N4O3S.ClH/c19-15(13-9-10-13)12-21-17(23)8-2-1-5-11-20-18-14-6-3-4-7-16(14)26(24,25)22-18;/h3-4,6-7,13,15H,1-2,5,8-12,19H2,(H,20,22)(H,21,23);1H. The first-order valence-electron chi connectivity index (χ1n) is 9.16. The highest BCUT2D eigenvalue weighted by atomic mass is 35.5. The molecule has 1 heterocycles. The zero-order valence-electron chi connectivity index (χ0n) is 15.2. The molecule has 0 radical (unpaired) electrons. The van der Waals surface area contributed by atoms with Crippen LogP contribution in [0.25, 0.3) is 0 Å². The SMILES string of the molecule is Cl.NC(CNC(=O)CCCCCN=C1NS(=O)(=O)c2ccccc21)C1CC1. The summed E-state index contributed by atoms with van der Waals surface area (Å²) in [6.45, 7) is 1.09. The van der Waals surface area contributed by atoms with E-state index in [0.717, 1.165) is 19.3 Å². The van der Waals surface area contributed by atoms with Gasteiger partial charge in [-0.05, 0) is 43.7 Å². The van der Waals surface area contributed by atoms with Crippen LogP contribution in [0.1, 0.15) is 44.1 Å². The van der Waals surface area contributed by atoms with E-state index in [0.29, 0.717) is 36.8 Å². The van der Waals surface area contributed by atoms with Gasteiger partial charge in [-0.1, -0.05) is 18.6 Å². The molecule has 1 aromatic carbocycles. The summed E-state index contributed by atoms with van der Waals surface area (Å²) in [5.41, 5.74) is 6.58. The number of halogens is 1. The van der Waals surface area contributed by atoms with Gasteiger partial charge < -0.3 is 11.1 Å². The molecule has 1 fully saturated rings. The molecule has 0 aromatic heterocycles. The molecule has 1 aliphatic carbocycles. The van der Waals surface area contributed by atoms with Crippen LogP contribution in [-0.2, 0) is 14.8 Å². The number of hydrogen-bond acceptors (Lipinski definition) is 5. The van der Waals surface area contributed by atoms with Gasteiger partial charge >= 0.3 is 0 Å². The monoisotopic (exact) mass is 414 g/mol. The summed E-state index contributed by atoms with van der Waals surface area (Å²) < 4.78 is 26.5. The van der Waals surface area contributed by atoms with E-state index in [-0.39, 0.29) is 29.3 Å². The molecule has 1 aliphatic heterocycles. The Balaban J connectivity index is 0.00000261. The van der Waals surface area contributed by atoms with E-state index in [2.05, 4.69) is 15.0 Å². The highest BCUT2D eigenvalue weighted by molar-refractivity contribution is 7.90. The van der Waals surface area contributed by atoms with Crippen molar-refractivity contribution in [3.8, 4) is 0 Å². The van der Waals surface area contributed by atoms with Crippen molar-refractivity contribution >= 4 is 34.2 Å². The van der Waals surface area contributed by atoms with E-state index in [1.807, 2.05) is 0 Å². The Labute approximate surface area is 166 Å². The van der Waals surface area contributed by atoms with Crippen molar-refractivity contribution in [3.63, 3.8) is 0 Å². The number of carbonyl (C=O) groups excluding carboxylic acids is 1. The molecule has 9 heteroatoms. The third kappa shape index (κ3) is 5.92. The number of nitrogens with two attached hydrogens (primary N) is 1. The van der Waals surface area contributed by atoms with Crippen LogP contribution in [0.2, 0.25) is 0 Å². The van der Waals surface area contributed by atoms with E-state index in [9.17, 15) is 13.2 Å². The fraction of sp³-hybridized carbons (Fsp3) is 0.556. The van der Waals surface area contributed by atoms with Crippen molar-refractivity contribution in [2.24, 2.45) is 16.6 Å². The molecule has 1 aromatic rings. The molecule has 2 aliphatic rings. The second-order valence-electron chi connectivity index (χ2n) is 6.95. The molecule has 1 amide bonds. The smallest absolute Gasteiger partial charge is 0.263 e. The molecular weight excluding hydrogens is 388 g/mol. The summed E-state index contributed by atoms with van der Waals surface area (Å²) in [5.74, 6) is 1.05. The van der Waals surface area contributed by atoms with Crippen molar-refractivity contribution in [1.82, 2.24) is 10.0 Å². The van der Waals surface area contributed by atoms with Gasteiger partial charge in [0.1, 0.15) is 5.84 Å². The van der Waals surface area contributed by atoms with Crippen LogP contribution in [0, 0.1) is 5.92 Å². The normalized spacial score (nSPS) is 19.7. The largest absolute Gasteiger partial charge is 0.355 e. The Morgan fingerprint density at radius 2 is 2.00 bits per heavy atom. The van der Waals surface area contributed by atoms with Crippen LogP contribution in [-0.4, -0.2) is 39.3 Å². The number of carbonyl (C=O) groups is 1. The maximum atomic E-state index is 12.0. The van der Waals surface area contributed by atoms with E-state index in [1.54, 1.807) is 24.3 Å². The predicted octanol–water partition coefficient (Wildman–Crippen LogP) is 1.56. The number of nitrogens with zero attached hydrogens (tertiary/aromatic N) is 1. The highest BCUT2D eigenvalue weighted by Crippen LogP contribution is 2.31. The minimum Gasteiger partial charge on any atom is -0.355 e. The zero-order chi connectivity index (χ0) is 18.6. The average molecular weight is 415 g/mol. The second-order valence-corrected chi connectivity index (χ2v) is 8.60. The van der Waals surface area contributed by atoms with E-state index in [4.69, 9.17) is 5.73 Å². The Kier molecular flexibility index (Phi) is 7.64. The zero-order valence-corrected chi connectivity index (χ0v) is 16.8.